The summed E-state index contributed by atoms with van der Waals surface area (Å²) in [5.41, 5.74) is 1.05. The number of halogens is 1. The molecule has 0 aliphatic carbocycles. The van der Waals surface area contributed by atoms with E-state index in [9.17, 15) is 10.1 Å². The summed E-state index contributed by atoms with van der Waals surface area (Å²) in [6.07, 6.45) is 8.44. The smallest absolute Gasteiger partial charge is 0.266 e. The van der Waals surface area contributed by atoms with Crippen molar-refractivity contribution in [2.24, 2.45) is 0 Å². The molecular formula is C26H31ClN2O4. The van der Waals surface area contributed by atoms with E-state index >= 15 is 0 Å². The molecule has 0 atom stereocenters. The number of unbranched alkanes of at least 4 members (excludes halogenated alkanes) is 5. The van der Waals surface area contributed by atoms with Crippen LogP contribution in [0.2, 0.25) is 5.02 Å². The van der Waals surface area contributed by atoms with Gasteiger partial charge >= 0.3 is 0 Å². The molecule has 0 saturated heterocycles. The molecule has 0 aromatic heterocycles. The maximum atomic E-state index is 12.6. The van der Waals surface area contributed by atoms with Crippen LogP contribution >= 0.6 is 11.6 Å². The second-order valence-corrected chi connectivity index (χ2v) is 7.91. The van der Waals surface area contributed by atoms with Gasteiger partial charge in [0.05, 0.1) is 25.8 Å². The third kappa shape index (κ3) is 8.36. The van der Waals surface area contributed by atoms with Crippen molar-refractivity contribution in [3.8, 4) is 23.3 Å². The summed E-state index contributed by atoms with van der Waals surface area (Å²) in [6.45, 7) is 2.74. The topological polar surface area (TPSA) is 80.6 Å². The molecule has 7 heteroatoms. The van der Waals surface area contributed by atoms with E-state index in [1.54, 1.807) is 43.5 Å². The van der Waals surface area contributed by atoms with Gasteiger partial charge in [-0.15, -0.1) is 0 Å². The quantitative estimate of drug-likeness (QED) is 0.201. The average Bonchev–Trinajstić information content (AvgIpc) is 2.83. The average molecular weight is 471 g/mol. The molecule has 33 heavy (non-hydrogen) atoms. The van der Waals surface area contributed by atoms with Crippen LogP contribution in [0.4, 0.5) is 5.69 Å². The maximum Gasteiger partial charge on any atom is 0.266 e. The predicted molar refractivity (Wildman–Crippen MR) is 132 cm³/mol. The molecule has 1 amide bonds. The highest BCUT2D eigenvalue weighted by Gasteiger charge is 2.14. The van der Waals surface area contributed by atoms with Gasteiger partial charge in [0.2, 0.25) is 0 Å². The number of hydrogen-bond donors (Lipinski definition) is 1. The van der Waals surface area contributed by atoms with Gasteiger partial charge in [-0.3, -0.25) is 4.79 Å². The van der Waals surface area contributed by atoms with Crippen molar-refractivity contribution < 1.29 is 19.0 Å². The van der Waals surface area contributed by atoms with Crippen molar-refractivity contribution in [1.29, 1.82) is 5.26 Å². The van der Waals surface area contributed by atoms with Gasteiger partial charge in [0.15, 0.2) is 11.5 Å². The first-order chi connectivity index (χ1) is 16.0. The zero-order valence-corrected chi connectivity index (χ0v) is 20.2. The van der Waals surface area contributed by atoms with Crippen molar-refractivity contribution in [2.75, 3.05) is 26.1 Å². The van der Waals surface area contributed by atoms with E-state index in [-0.39, 0.29) is 5.57 Å². The molecule has 0 fully saturated rings. The Morgan fingerprint density at radius 2 is 1.76 bits per heavy atom. The molecule has 0 spiro atoms. The van der Waals surface area contributed by atoms with Crippen LogP contribution in [0.5, 0.6) is 17.2 Å². The summed E-state index contributed by atoms with van der Waals surface area (Å²) in [5.74, 6) is 1.06. The molecule has 2 rings (SSSR count). The van der Waals surface area contributed by atoms with Crippen LogP contribution in [-0.4, -0.2) is 26.7 Å². The largest absolute Gasteiger partial charge is 0.497 e. The number of anilines is 1. The highest BCUT2D eigenvalue weighted by molar-refractivity contribution is 6.32. The number of nitrogens with one attached hydrogen (secondary N) is 1. The fraction of sp³-hybridized carbons (Fsp3) is 0.385. The Bertz CT molecular complexity index is 981. The molecule has 2 aromatic rings. The Kier molecular flexibility index (Phi) is 11.1. The van der Waals surface area contributed by atoms with Crippen molar-refractivity contribution in [3.05, 3.63) is 52.6 Å². The zero-order chi connectivity index (χ0) is 24.1. The molecule has 0 radical (unpaired) electrons. The van der Waals surface area contributed by atoms with Crippen molar-refractivity contribution in [3.63, 3.8) is 0 Å². The van der Waals surface area contributed by atoms with Crippen LogP contribution in [0.15, 0.2) is 42.0 Å². The Hall–Kier alpha value is -3.17. The van der Waals surface area contributed by atoms with Crippen molar-refractivity contribution in [1.82, 2.24) is 0 Å². The van der Waals surface area contributed by atoms with Gasteiger partial charge in [-0.1, -0.05) is 50.6 Å². The first kappa shape index (κ1) is 26.1. The molecule has 2 aromatic carbocycles. The maximum absolute atomic E-state index is 12.6. The van der Waals surface area contributed by atoms with Crippen LogP contribution in [0, 0.1) is 11.3 Å². The van der Waals surface area contributed by atoms with E-state index in [0.717, 1.165) is 12.8 Å². The minimum Gasteiger partial charge on any atom is -0.497 e. The van der Waals surface area contributed by atoms with Crippen LogP contribution in [0.3, 0.4) is 0 Å². The third-order valence-corrected chi connectivity index (χ3v) is 5.30. The monoisotopic (exact) mass is 470 g/mol. The summed E-state index contributed by atoms with van der Waals surface area (Å²) in [4.78, 5) is 12.6. The Balaban J connectivity index is 2.07. The lowest BCUT2D eigenvalue weighted by Gasteiger charge is -2.13. The van der Waals surface area contributed by atoms with Crippen LogP contribution in [-0.2, 0) is 4.79 Å². The normalized spacial score (nSPS) is 10.9. The van der Waals surface area contributed by atoms with Crippen LogP contribution < -0.4 is 19.5 Å². The summed E-state index contributed by atoms with van der Waals surface area (Å²) in [6, 6.07) is 12.1. The number of nitriles is 1. The number of rotatable bonds is 13. The standard InChI is InChI=1S/C26H31ClN2O4/c1-4-5-6-7-8-9-14-33-25-23(27)16-19(17-24(25)32-3)15-20(18-28)26(30)29-21-10-12-22(31-2)13-11-21/h10-13,15-17H,4-9,14H2,1-3H3,(H,29,30)/b20-15-. The molecule has 0 aliphatic heterocycles. The molecule has 6 nitrogen and oxygen atoms in total. The van der Waals surface area contributed by atoms with E-state index in [4.69, 9.17) is 25.8 Å². The number of carbonyl (C=O) groups is 1. The summed E-state index contributed by atoms with van der Waals surface area (Å²) >= 11 is 6.43. The Morgan fingerprint density at radius 3 is 2.39 bits per heavy atom. The molecule has 0 saturated carbocycles. The summed E-state index contributed by atoms with van der Waals surface area (Å²) in [5, 5.41) is 12.6. The molecular weight excluding hydrogens is 440 g/mol. The lowest BCUT2D eigenvalue weighted by atomic mass is 10.1. The minimum absolute atomic E-state index is 0.0651. The zero-order valence-electron chi connectivity index (χ0n) is 19.4. The number of carbonyl (C=O) groups excluding carboxylic acids is 1. The van der Waals surface area contributed by atoms with E-state index in [0.29, 0.717) is 40.1 Å². The molecule has 1 N–H and O–H groups in total. The van der Waals surface area contributed by atoms with Crippen LogP contribution in [0.1, 0.15) is 51.0 Å². The first-order valence-electron chi connectivity index (χ1n) is 11.1. The van der Waals surface area contributed by atoms with Gasteiger partial charge < -0.3 is 19.5 Å². The van der Waals surface area contributed by atoms with E-state index < -0.39 is 5.91 Å². The molecule has 176 valence electrons. The highest BCUT2D eigenvalue weighted by Crippen LogP contribution is 2.37. The van der Waals surface area contributed by atoms with E-state index in [1.165, 1.54) is 38.9 Å². The van der Waals surface area contributed by atoms with Gasteiger partial charge in [-0.2, -0.15) is 5.26 Å². The van der Waals surface area contributed by atoms with Gasteiger partial charge in [0.25, 0.3) is 5.91 Å². The van der Waals surface area contributed by atoms with Crippen molar-refractivity contribution in [2.45, 2.75) is 45.4 Å². The number of ether oxygens (including phenoxy) is 3. The fourth-order valence-corrected chi connectivity index (χ4v) is 3.48. The van der Waals surface area contributed by atoms with Gasteiger partial charge in [-0.25, -0.2) is 0 Å². The third-order valence-electron chi connectivity index (χ3n) is 5.02. The Labute approximate surface area is 201 Å². The number of methoxy groups -OCH3 is 2. The number of benzene rings is 2. The highest BCUT2D eigenvalue weighted by atomic mass is 35.5. The lowest BCUT2D eigenvalue weighted by molar-refractivity contribution is -0.112. The minimum atomic E-state index is -0.527. The van der Waals surface area contributed by atoms with E-state index in [1.807, 2.05) is 6.07 Å². The number of amides is 1. The van der Waals surface area contributed by atoms with Gasteiger partial charge in [-0.05, 0) is 54.5 Å². The molecule has 0 bridgehead atoms. The predicted octanol–water partition coefficient (Wildman–Crippen LogP) is 6.64. The summed E-state index contributed by atoms with van der Waals surface area (Å²) < 4.78 is 16.4. The lowest BCUT2D eigenvalue weighted by Crippen LogP contribution is -2.13. The van der Waals surface area contributed by atoms with Gasteiger partial charge in [0, 0.05) is 5.69 Å². The molecule has 0 heterocycles. The Morgan fingerprint density at radius 1 is 1.06 bits per heavy atom. The fourth-order valence-electron chi connectivity index (χ4n) is 3.21. The number of hydrogen-bond acceptors (Lipinski definition) is 5. The summed E-state index contributed by atoms with van der Waals surface area (Å²) in [7, 11) is 3.09. The number of nitrogens with zero attached hydrogens (tertiary/aromatic N) is 1. The SMILES string of the molecule is CCCCCCCCOc1c(Cl)cc(/C=C(/C#N)C(=O)Nc2ccc(OC)cc2)cc1OC. The second kappa shape index (κ2) is 14.1. The van der Waals surface area contributed by atoms with E-state index in [2.05, 4.69) is 12.2 Å². The van der Waals surface area contributed by atoms with Crippen molar-refractivity contribution >= 4 is 29.3 Å². The second-order valence-electron chi connectivity index (χ2n) is 7.50. The van der Waals surface area contributed by atoms with Crippen LogP contribution in [0.25, 0.3) is 6.08 Å². The van der Waals surface area contributed by atoms with Gasteiger partial charge in [0.1, 0.15) is 17.4 Å². The molecule has 0 aliphatic rings. The first-order valence-corrected chi connectivity index (χ1v) is 11.5. The molecule has 0 unspecified atom stereocenters.